The van der Waals surface area contributed by atoms with Gasteiger partial charge in [0.05, 0.1) is 11.2 Å². The molecule has 0 atom stereocenters. The van der Waals surface area contributed by atoms with Crippen LogP contribution in [0.25, 0.3) is 10.9 Å². The fraction of sp³-hybridized carbons (Fsp3) is 0. The zero-order valence-corrected chi connectivity index (χ0v) is 13.0. The highest BCUT2D eigenvalue weighted by Gasteiger charge is 2.14. The van der Waals surface area contributed by atoms with Gasteiger partial charge in [0.1, 0.15) is 5.56 Å². The summed E-state index contributed by atoms with van der Waals surface area (Å²) in [5.74, 6) is -0.999. The molecular formula is C16H11IN2O2. The Morgan fingerprint density at radius 3 is 2.52 bits per heavy atom. The second kappa shape index (κ2) is 5.69. The van der Waals surface area contributed by atoms with Gasteiger partial charge in [-0.3, -0.25) is 4.98 Å². The first-order valence-electron chi connectivity index (χ1n) is 6.29. The highest BCUT2D eigenvalue weighted by molar-refractivity contribution is 14.1. The topological polar surface area (TPSA) is 62.2 Å². The number of aromatic nitrogens is 1. The maximum atomic E-state index is 11.4. The molecule has 21 heavy (non-hydrogen) atoms. The molecule has 1 aromatic heterocycles. The van der Waals surface area contributed by atoms with E-state index in [9.17, 15) is 9.90 Å². The normalized spacial score (nSPS) is 10.5. The first-order chi connectivity index (χ1) is 10.1. The summed E-state index contributed by atoms with van der Waals surface area (Å²) in [7, 11) is 0. The molecule has 0 unspecified atom stereocenters. The van der Waals surface area contributed by atoms with E-state index in [1.807, 2.05) is 48.5 Å². The van der Waals surface area contributed by atoms with E-state index in [1.165, 1.54) is 6.20 Å². The van der Waals surface area contributed by atoms with Crippen molar-refractivity contribution in [1.82, 2.24) is 4.98 Å². The van der Waals surface area contributed by atoms with Crippen molar-refractivity contribution in [3.8, 4) is 0 Å². The standard InChI is InChI=1S/C16H11IN2O2/c17-10-5-7-11(8-6-10)19-15-12-3-1-2-4-14(12)18-9-13(15)16(20)21/h1-9H,(H,18,19)(H,20,21). The van der Waals surface area contributed by atoms with E-state index in [0.717, 1.165) is 20.2 Å². The Hall–Kier alpha value is -2.15. The van der Waals surface area contributed by atoms with Crippen LogP contribution in [-0.2, 0) is 0 Å². The minimum atomic E-state index is -0.999. The molecular weight excluding hydrogens is 379 g/mol. The molecule has 2 aromatic carbocycles. The van der Waals surface area contributed by atoms with Crippen molar-refractivity contribution in [2.24, 2.45) is 0 Å². The van der Waals surface area contributed by atoms with Crippen molar-refractivity contribution in [2.45, 2.75) is 0 Å². The largest absolute Gasteiger partial charge is 0.478 e. The molecule has 5 heteroatoms. The Morgan fingerprint density at radius 1 is 1.10 bits per heavy atom. The number of aromatic carboxylic acids is 1. The van der Waals surface area contributed by atoms with E-state index >= 15 is 0 Å². The van der Waals surface area contributed by atoms with Crippen LogP contribution in [0.1, 0.15) is 10.4 Å². The van der Waals surface area contributed by atoms with Gasteiger partial charge >= 0.3 is 5.97 Å². The number of hydrogen-bond donors (Lipinski definition) is 2. The average molecular weight is 390 g/mol. The number of carboxylic acid groups (broad SMARTS) is 1. The third-order valence-electron chi connectivity index (χ3n) is 3.12. The molecule has 0 aliphatic carbocycles. The van der Waals surface area contributed by atoms with E-state index in [4.69, 9.17) is 0 Å². The Morgan fingerprint density at radius 2 is 1.81 bits per heavy atom. The summed E-state index contributed by atoms with van der Waals surface area (Å²) in [5, 5.41) is 13.4. The van der Waals surface area contributed by atoms with Crippen LogP contribution in [0, 0.1) is 3.57 Å². The van der Waals surface area contributed by atoms with Crippen molar-refractivity contribution in [2.75, 3.05) is 5.32 Å². The van der Waals surface area contributed by atoms with Gasteiger partial charge in [0.15, 0.2) is 0 Å². The van der Waals surface area contributed by atoms with Gasteiger partial charge in [-0.05, 0) is 52.9 Å². The number of carbonyl (C=O) groups is 1. The number of halogens is 1. The van der Waals surface area contributed by atoms with Crippen LogP contribution in [0.3, 0.4) is 0 Å². The molecule has 0 saturated carbocycles. The van der Waals surface area contributed by atoms with Gasteiger partial charge in [0, 0.05) is 20.8 Å². The third-order valence-corrected chi connectivity index (χ3v) is 3.84. The quantitative estimate of drug-likeness (QED) is 0.656. The molecule has 0 saturated heterocycles. The molecule has 0 aliphatic heterocycles. The lowest BCUT2D eigenvalue weighted by atomic mass is 10.1. The van der Waals surface area contributed by atoms with E-state index in [-0.39, 0.29) is 5.56 Å². The number of nitrogens with zero attached hydrogens (tertiary/aromatic N) is 1. The van der Waals surface area contributed by atoms with Crippen molar-refractivity contribution in [3.05, 3.63) is 63.9 Å². The number of fused-ring (bicyclic) bond motifs is 1. The number of pyridine rings is 1. The van der Waals surface area contributed by atoms with Crippen LogP contribution in [0.15, 0.2) is 54.7 Å². The van der Waals surface area contributed by atoms with E-state index in [0.29, 0.717) is 5.69 Å². The molecule has 0 radical (unpaired) electrons. The number of anilines is 2. The lowest BCUT2D eigenvalue weighted by molar-refractivity contribution is 0.0697. The number of hydrogen-bond acceptors (Lipinski definition) is 3. The van der Waals surface area contributed by atoms with Gasteiger partial charge in [-0.1, -0.05) is 18.2 Å². The Balaban J connectivity index is 2.16. The predicted molar refractivity (Wildman–Crippen MR) is 91.1 cm³/mol. The van der Waals surface area contributed by atoms with Gasteiger partial charge < -0.3 is 10.4 Å². The number of para-hydroxylation sites is 1. The highest BCUT2D eigenvalue weighted by Crippen LogP contribution is 2.29. The first kappa shape index (κ1) is 13.8. The molecule has 2 N–H and O–H groups in total. The lowest BCUT2D eigenvalue weighted by Gasteiger charge is -2.12. The molecule has 4 nitrogen and oxygen atoms in total. The molecule has 0 amide bonds. The molecule has 0 aliphatic rings. The minimum Gasteiger partial charge on any atom is -0.478 e. The number of nitrogens with one attached hydrogen (secondary N) is 1. The molecule has 3 rings (SSSR count). The molecule has 0 spiro atoms. The van der Waals surface area contributed by atoms with E-state index in [2.05, 4.69) is 32.9 Å². The minimum absolute atomic E-state index is 0.159. The van der Waals surface area contributed by atoms with Gasteiger partial charge in [0.2, 0.25) is 0 Å². The summed E-state index contributed by atoms with van der Waals surface area (Å²) < 4.78 is 1.12. The van der Waals surface area contributed by atoms with Crippen LogP contribution in [0.4, 0.5) is 11.4 Å². The molecule has 0 bridgehead atoms. The van der Waals surface area contributed by atoms with Crippen LogP contribution in [0.5, 0.6) is 0 Å². The van der Waals surface area contributed by atoms with Gasteiger partial charge in [-0.2, -0.15) is 0 Å². The Bertz CT molecular complexity index is 816. The van der Waals surface area contributed by atoms with Gasteiger partial charge in [-0.25, -0.2) is 4.79 Å². The number of benzene rings is 2. The molecule has 3 aromatic rings. The maximum Gasteiger partial charge on any atom is 0.339 e. The summed E-state index contributed by atoms with van der Waals surface area (Å²) in [6.07, 6.45) is 1.39. The first-order valence-corrected chi connectivity index (χ1v) is 7.36. The third kappa shape index (κ3) is 2.82. The van der Waals surface area contributed by atoms with Crippen LogP contribution in [-0.4, -0.2) is 16.1 Å². The van der Waals surface area contributed by atoms with Gasteiger partial charge in [-0.15, -0.1) is 0 Å². The second-order valence-corrected chi connectivity index (χ2v) is 5.75. The molecule has 1 heterocycles. The summed E-state index contributed by atoms with van der Waals surface area (Å²) in [5.41, 5.74) is 2.33. The van der Waals surface area contributed by atoms with Crippen molar-refractivity contribution < 1.29 is 9.90 Å². The summed E-state index contributed by atoms with van der Waals surface area (Å²) >= 11 is 2.23. The fourth-order valence-electron chi connectivity index (χ4n) is 2.12. The summed E-state index contributed by atoms with van der Waals surface area (Å²) in [6.45, 7) is 0. The Labute approximate surface area is 135 Å². The average Bonchev–Trinajstić information content (AvgIpc) is 2.49. The molecule has 0 fully saturated rings. The van der Waals surface area contributed by atoms with E-state index in [1.54, 1.807) is 0 Å². The monoisotopic (exact) mass is 390 g/mol. The zero-order chi connectivity index (χ0) is 14.8. The predicted octanol–water partition coefficient (Wildman–Crippen LogP) is 4.28. The lowest BCUT2D eigenvalue weighted by Crippen LogP contribution is -2.04. The zero-order valence-electron chi connectivity index (χ0n) is 10.9. The van der Waals surface area contributed by atoms with Crippen LogP contribution >= 0.6 is 22.6 Å². The Kier molecular flexibility index (Phi) is 3.74. The van der Waals surface area contributed by atoms with Gasteiger partial charge in [0.25, 0.3) is 0 Å². The van der Waals surface area contributed by atoms with Crippen molar-refractivity contribution in [3.63, 3.8) is 0 Å². The number of rotatable bonds is 3. The summed E-state index contributed by atoms with van der Waals surface area (Å²) in [4.78, 5) is 15.6. The van der Waals surface area contributed by atoms with Crippen molar-refractivity contribution >= 4 is 50.8 Å². The molecule has 104 valence electrons. The SMILES string of the molecule is O=C(O)c1cnc2ccccc2c1Nc1ccc(I)cc1. The van der Waals surface area contributed by atoms with Crippen LogP contribution < -0.4 is 5.32 Å². The smallest absolute Gasteiger partial charge is 0.339 e. The summed E-state index contributed by atoms with van der Waals surface area (Å²) in [6, 6.07) is 15.2. The maximum absolute atomic E-state index is 11.4. The van der Waals surface area contributed by atoms with E-state index < -0.39 is 5.97 Å². The second-order valence-electron chi connectivity index (χ2n) is 4.50. The van der Waals surface area contributed by atoms with Crippen LogP contribution in [0.2, 0.25) is 0 Å². The fourth-order valence-corrected chi connectivity index (χ4v) is 2.48. The van der Waals surface area contributed by atoms with Crippen molar-refractivity contribution in [1.29, 1.82) is 0 Å². The number of carboxylic acids is 1. The highest BCUT2D eigenvalue weighted by atomic mass is 127.